The number of nitrogens with one attached hydrogen (secondary N) is 3. The standard InChI is InChI=1S/C8H16N4O2S/c1-7(3-9-2)15(13,14)12-6-8-4-10-11-5-8/h4-5,7,9,12H,3,6H2,1-2H3,(H,10,11). The third-order valence-corrected chi connectivity index (χ3v) is 3.83. The Hall–Kier alpha value is -0.920. The fourth-order valence-corrected chi connectivity index (χ4v) is 2.14. The zero-order chi connectivity index (χ0) is 11.3. The Labute approximate surface area is 89.5 Å². The molecule has 0 aliphatic heterocycles. The van der Waals surface area contributed by atoms with Crippen LogP contribution in [0.2, 0.25) is 0 Å². The summed E-state index contributed by atoms with van der Waals surface area (Å²) < 4.78 is 25.8. The first-order valence-electron chi connectivity index (χ1n) is 4.67. The average Bonchev–Trinajstić information content (AvgIpc) is 2.68. The molecule has 86 valence electrons. The summed E-state index contributed by atoms with van der Waals surface area (Å²) in [5.74, 6) is 0. The van der Waals surface area contributed by atoms with E-state index in [-0.39, 0.29) is 6.54 Å². The number of sulfonamides is 1. The molecule has 1 atom stereocenters. The van der Waals surface area contributed by atoms with Crippen LogP contribution in [0.4, 0.5) is 0 Å². The molecule has 7 heteroatoms. The quantitative estimate of drug-likeness (QED) is 0.613. The lowest BCUT2D eigenvalue weighted by molar-refractivity contribution is 0.563. The van der Waals surface area contributed by atoms with Crippen molar-refractivity contribution >= 4 is 10.0 Å². The molecule has 6 nitrogen and oxygen atoms in total. The Kier molecular flexibility index (Phi) is 4.25. The van der Waals surface area contributed by atoms with E-state index >= 15 is 0 Å². The second kappa shape index (κ2) is 5.24. The van der Waals surface area contributed by atoms with Gasteiger partial charge in [-0.15, -0.1) is 0 Å². The molecule has 1 rings (SSSR count). The fraction of sp³-hybridized carbons (Fsp3) is 0.625. The van der Waals surface area contributed by atoms with Crippen LogP contribution in [0.3, 0.4) is 0 Å². The second-order valence-electron chi connectivity index (χ2n) is 3.34. The summed E-state index contributed by atoms with van der Waals surface area (Å²) in [5.41, 5.74) is 0.815. The van der Waals surface area contributed by atoms with Gasteiger partial charge in [0.25, 0.3) is 0 Å². The van der Waals surface area contributed by atoms with Gasteiger partial charge in [-0.2, -0.15) is 5.10 Å². The van der Waals surface area contributed by atoms with E-state index in [4.69, 9.17) is 0 Å². The van der Waals surface area contributed by atoms with Crippen molar-refractivity contribution in [1.29, 1.82) is 0 Å². The first-order valence-corrected chi connectivity index (χ1v) is 6.21. The molecule has 0 bridgehead atoms. The van der Waals surface area contributed by atoms with Gasteiger partial charge in [-0.1, -0.05) is 0 Å². The Morgan fingerprint density at radius 3 is 2.87 bits per heavy atom. The first-order chi connectivity index (χ1) is 7.06. The van der Waals surface area contributed by atoms with E-state index in [9.17, 15) is 8.42 Å². The minimum atomic E-state index is -3.25. The number of H-pyrrole nitrogens is 1. The van der Waals surface area contributed by atoms with Crippen molar-refractivity contribution in [2.75, 3.05) is 13.6 Å². The first kappa shape index (κ1) is 12.2. The second-order valence-corrected chi connectivity index (χ2v) is 5.52. The van der Waals surface area contributed by atoms with Crippen LogP contribution in [0.25, 0.3) is 0 Å². The third kappa shape index (κ3) is 3.61. The Morgan fingerprint density at radius 2 is 2.33 bits per heavy atom. The summed E-state index contributed by atoms with van der Waals surface area (Å²) in [6, 6.07) is 0. The summed E-state index contributed by atoms with van der Waals surface area (Å²) in [7, 11) is -1.53. The SMILES string of the molecule is CNCC(C)S(=O)(=O)NCc1cn[nH]c1. The molecule has 0 radical (unpaired) electrons. The van der Waals surface area contributed by atoms with Crippen molar-refractivity contribution in [2.45, 2.75) is 18.7 Å². The summed E-state index contributed by atoms with van der Waals surface area (Å²) in [5, 5.41) is 8.73. The zero-order valence-electron chi connectivity index (χ0n) is 8.82. The van der Waals surface area contributed by atoms with Crippen molar-refractivity contribution in [3.05, 3.63) is 18.0 Å². The lowest BCUT2D eigenvalue weighted by Gasteiger charge is -2.12. The van der Waals surface area contributed by atoms with Gasteiger partial charge < -0.3 is 5.32 Å². The van der Waals surface area contributed by atoms with Crippen LogP contribution < -0.4 is 10.0 Å². The van der Waals surface area contributed by atoms with E-state index in [2.05, 4.69) is 20.2 Å². The molecule has 3 N–H and O–H groups in total. The van der Waals surface area contributed by atoms with E-state index in [0.29, 0.717) is 6.54 Å². The highest BCUT2D eigenvalue weighted by atomic mass is 32.2. The van der Waals surface area contributed by atoms with Crippen LogP contribution in [0, 0.1) is 0 Å². The molecule has 1 aromatic heterocycles. The van der Waals surface area contributed by atoms with E-state index in [1.807, 2.05) is 0 Å². The largest absolute Gasteiger partial charge is 0.318 e. The third-order valence-electron chi connectivity index (χ3n) is 2.05. The van der Waals surface area contributed by atoms with Gasteiger partial charge in [0.15, 0.2) is 0 Å². The van der Waals surface area contributed by atoms with Gasteiger partial charge in [0, 0.05) is 24.8 Å². The zero-order valence-corrected chi connectivity index (χ0v) is 9.63. The predicted octanol–water partition coefficient (Wildman–Crippen LogP) is -0.563. The van der Waals surface area contributed by atoms with Gasteiger partial charge in [-0.3, -0.25) is 5.10 Å². The normalized spacial score (nSPS) is 14.0. The van der Waals surface area contributed by atoms with E-state index < -0.39 is 15.3 Å². The van der Waals surface area contributed by atoms with Crippen LogP contribution in [-0.4, -0.2) is 37.5 Å². The molecule has 15 heavy (non-hydrogen) atoms. The minimum absolute atomic E-state index is 0.271. The lowest BCUT2D eigenvalue weighted by Crippen LogP contribution is -2.37. The lowest BCUT2D eigenvalue weighted by atomic mass is 10.4. The fourth-order valence-electron chi connectivity index (χ4n) is 1.10. The molecule has 0 saturated heterocycles. The summed E-state index contributed by atoms with van der Waals surface area (Å²) in [4.78, 5) is 0. The highest BCUT2D eigenvalue weighted by Crippen LogP contribution is 1.99. The number of hydrogen-bond acceptors (Lipinski definition) is 4. The highest BCUT2D eigenvalue weighted by Gasteiger charge is 2.19. The number of hydrogen-bond donors (Lipinski definition) is 3. The van der Waals surface area contributed by atoms with Gasteiger partial charge in [0.2, 0.25) is 10.0 Å². The van der Waals surface area contributed by atoms with Crippen molar-refractivity contribution in [3.63, 3.8) is 0 Å². The van der Waals surface area contributed by atoms with E-state index in [1.54, 1.807) is 26.4 Å². The van der Waals surface area contributed by atoms with Gasteiger partial charge in [-0.25, -0.2) is 13.1 Å². The smallest absolute Gasteiger partial charge is 0.215 e. The molecule has 0 saturated carbocycles. The predicted molar refractivity (Wildman–Crippen MR) is 57.7 cm³/mol. The maximum absolute atomic E-state index is 11.6. The van der Waals surface area contributed by atoms with Crippen molar-refractivity contribution in [1.82, 2.24) is 20.2 Å². The summed E-state index contributed by atoms with van der Waals surface area (Å²) in [6.07, 6.45) is 3.25. The highest BCUT2D eigenvalue weighted by molar-refractivity contribution is 7.90. The monoisotopic (exact) mass is 232 g/mol. The van der Waals surface area contributed by atoms with Gasteiger partial charge in [-0.05, 0) is 14.0 Å². The molecule has 0 aliphatic carbocycles. The molecular weight excluding hydrogens is 216 g/mol. The Balaban J connectivity index is 2.50. The molecule has 1 unspecified atom stereocenters. The molecule has 1 aromatic rings. The molecular formula is C8H16N4O2S. The van der Waals surface area contributed by atoms with Gasteiger partial charge >= 0.3 is 0 Å². The topological polar surface area (TPSA) is 86.9 Å². The van der Waals surface area contributed by atoms with E-state index in [0.717, 1.165) is 5.56 Å². The summed E-state index contributed by atoms with van der Waals surface area (Å²) >= 11 is 0. The van der Waals surface area contributed by atoms with Crippen LogP contribution in [-0.2, 0) is 16.6 Å². The van der Waals surface area contributed by atoms with Gasteiger partial charge in [0.1, 0.15) is 0 Å². The van der Waals surface area contributed by atoms with Crippen LogP contribution in [0.1, 0.15) is 12.5 Å². The number of aromatic amines is 1. The van der Waals surface area contributed by atoms with Crippen molar-refractivity contribution in [3.8, 4) is 0 Å². The minimum Gasteiger partial charge on any atom is -0.318 e. The molecule has 0 aromatic carbocycles. The van der Waals surface area contributed by atoms with E-state index in [1.165, 1.54) is 0 Å². The van der Waals surface area contributed by atoms with Gasteiger partial charge in [0.05, 0.1) is 11.4 Å². The number of aromatic nitrogens is 2. The van der Waals surface area contributed by atoms with Crippen LogP contribution in [0.15, 0.2) is 12.4 Å². The molecule has 0 amide bonds. The summed E-state index contributed by atoms with van der Waals surface area (Å²) in [6.45, 7) is 2.36. The van der Waals surface area contributed by atoms with Crippen molar-refractivity contribution < 1.29 is 8.42 Å². The number of nitrogens with zero attached hydrogens (tertiary/aromatic N) is 1. The molecule has 0 aliphatic rings. The molecule has 0 spiro atoms. The van der Waals surface area contributed by atoms with Crippen LogP contribution in [0.5, 0.6) is 0 Å². The Morgan fingerprint density at radius 1 is 1.60 bits per heavy atom. The van der Waals surface area contributed by atoms with Crippen molar-refractivity contribution in [2.24, 2.45) is 0 Å². The average molecular weight is 232 g/mol. The molecule has 1 heterocycles. The van der Waals surface area contributed by atoms with Crippen LogP contribution >= 0.6 is 0 Å². The number of rotatable bonds is 6. The maximum atomic E-state index is 11.6. The molecule has 0 fully saturated rings. The maximum Gasteiger partial charge on any atom is 0.215 e. The Bertz CT molecular complexity index is 373.